The predicted molar refractivity (Wildman–Crippen MR) is 52.2 cm³/mol. The number of anilines is 1. The molecule has 0 atom stereocenters. The van der Waals surface area contributed by atoms with Gasteiger partial charge >= 0.3 is 0 Å². The Morgan fingerprint density at radius 2 is 1.88 bits per heavy atom. The van der Waals surface area contributed by atoms with Gasteiger partial charge in [0.25, 0.3) is 0 Å². The minimum atomic E-state index is -1.21. The van der Waals surface area contributed by atoms with E-state index in [9.17, 15) is 13.2 Å². The Bertz CT molecular complexity index is 482. The molecule has 0 bridgehead atoms. The molecule has 6 heteroatoms. The van der Waals surface area contributed by atoms with Crippen LogP contribution in [0.4, 0.5) is 18.9 Å². The Labute approximate surface area is 89.3 Å². The third-order valence-corrected chi connectivity index (χ3v) is 2.01. The summed E-state index contributed by atoms with van der Waals surface area (Å²) in [5, 5.41) is 2.61. The van der Waals surface area contributed by atoms with Gasteiger partial charge in [-0.1, -0.05) is 0 Å². The molecule has 1 aromatic heterocycles. The lowest BCUT2D eigenvalue weighted by atomic mass is 10.3. The summed E-state index contributed by atoms with van der Waals surface area (Å²) in [7, 11) is 0. The van der Waals surface area contributed by atoms with E-state index < -0.39 is 17.5 Å². The quantitative estimate of drug-likeness (QED) is 0.790. The largest absolute Gasteiger partial charge is 0.375 e. The van der Waals surface area contributed by atoms with Crippen molar-refractivity contribution in [3.8, 4) is 0 Å². The molecule has 0 saturated heterocycles. The van der Waals surface area contributed by atoms with Crippen molar-refractivity contribution in [3.05, 3.63) is 47.8 Å². The van der Waals surface area contributed by atoms with E-state index in [0.717, 1.165) is 6.07 Å². The van der Waals surface area contributed by atoms with E-state index in [0.29, 0.717) is 11.9 Å². The number of hydrogen-bond donors (Lipinski definition) is 2. The topological polar surface area (TPSA) is 40.7 Å². The van der Waals surface area contributed by atoms with Crippen LogP contribution in [-0.2, 0) is 6.54 Å². The standard InChI is InChI=1S/C10H8F3N3/c11-6-3-8(13)9(4-7(6)12)16-5-10-14-1-2-15-10/h1-4,16H,5H2,(H,14,15). The molecular weight excluding hydrogens is 219 g/mol. The van der Waals surface area contributed by atoms with Crippen LogP contribution in [0.5, 0.6) is 0 Å². The van der Waals surface area contributed by atoms with Crippen molar-refractivity contribution >= 4 is 5.69 Å². The van der Waals surface area contributed by atoms with E-state index in [1.807, 2.05) is 0 Å². The molecule has 3 nitrogen and oxygen atoms in total. The van der Waals surface area contributed by atoms with Gasteiger partial charge < -0.3 is 10.3 Å². The highest BCUT2D eigenvalue weighted by Gasteiger charge is 2.09. The predicted octanol–water partition coefficient (Wildman–Crippen LogP) is 2.44. The molecule has 1 heterocycles. The van der Waals surface area contributed by atoms with Crippen molar-refractivity contribution in [2.75, 3.05) is 5.32 Å². The van der Waals surface area contributed by atoms with E-state index in [1.165, 1.54) is 0 Å². The number of aromatic nitrogens is 2. The second-order valence-corrected chi connectivity index (χ2v) is 3.14. The van der Waals surface area contributed by atoms with Crippen molar-refractivity contribution in [3.63, 3.8) is 0 Å². The Morgan fingerprint density at radius 3 is 2.56 bits per heavy atom. The van der Waals surface area contributed by atoms with Gasteiger partial charge in [-0.3, -0.25) is 0 Å². The number of benzene rings is 1. The van der Waals surface area contributed by atoms with Crippen molar-refractivity contribution in [1.82, 2.24) is 9.97 Å². The Morgan fingerprint density at radius 1 is 1.12 bits per heavy atom. The first-order valence-corrected chi connectivity index (χ1v) is 4.53. The van der Waals surface area contributed by atoms with Crippen LogP contribution in [-0.4, -0.2) is 9.97 Å². The monoisotopic (exact) mass is 227 g/mol. The molecule has 0 fully saturated rings. The molecule has 2 N–H and O–H groups in total. The number of rotatable bonds is 3. The summed E-state index contributed by atoms with van der Waals surface area (Å²) in [6.07, 6.45) is 3.15. The first kappa shape index (κ1) is 10.5. The lowest BCUT2D eigenvalue weighted by molar-refractivity contribution is 0.496. The van der Waals surface area contributed by atoms with Gasteiger partial charge in [0.1, 0.15) is 11.6 Å². The third kappa shape index (κ3) is 2.16. The minimum absolute atomic E-state index is 0.102. The summed E-state index contributed by atoms with van der Waals surface area (Å²) < 4.78 is 38.6. The number of aromatic amines is 1. The highest BCUT2D eigenvalue weighted by Crippen LogP contribution is 2.18. The zero-order chi connectivity index (χ0) is 11.5. The molecule has 0 aliphatic rings. The second-order valence-electron chi connectivity index (χ2n) is 3.14. The zero-order valence-electron chi connectivity index (χ0n) is 8.10. The molecule has 84 valence electrons. The first-order valence-electron chi connectivity index (χ1n) is 4.53. The van der Waals surface area contributed by atoms with Crippen molar-refractivity contribution in [2.45, 2.75) is 6.54 Å². The molecule has 0 unspecified atom stereocenters. The molecule has 0 spiro atoms. The molecule has 16 heavy (non-hydrogen) atoms. The van der Waals surface area contributed by atoms with Crippen LogP contribution in [0.2, 0.25) is 0 Å². The number of hydrogen-bond acceptors (Lipinski definition) is 2. The summed E-state index contributed by atoms with van der Waals surface area (Å²) >= 11 is 0. The maximum absolute atomic E-state index is 13.2. The van der Waals surface area contributed by atoms with Gasteiger partial charge in [-0.05, 0) is 0 Å². The van der Waals surface area contributed by atoms with E-state index >= 15 is 0 Å². The fraction of sp³-hybridized carbons (Fsp3) is 0.100. The van der Waals surface area contributed by atoms with Crippen LogP contribution >= 0.6 is 0 Å². The van der Waals surface area contributed by atoms with Gasteiger partial charge in [0.15, 0.2) is 11.6 Å². The van der Waals surface area contributed by atoms with Gasteiger partial charge in [0.05, 0.1) is 12.2 Å². The number of imidazole rings is 1. The van der Waals surface area contributed by atoms with Gasteiger partial charge in [-0.15, -0.1) is 0 Å². The molecule has 0 saturated carbocycles. The van der Waals surface area contributed by atoms with Crippen LogP contribution in [0.25, 0.3) is 0 Å². The Kier molecular flexibility index (Phi) is 2.80. The second kappa shape index (κ2) is 4.26. The number of nitrogens with zero attached hydrogens (tertiary/aromatic N) is 1. The lowest BCUT2D eigenvalue weighted by Gasteiger charge is -2.06. The SMILES string of the molecule is Fc1cc(F)c(NCc2ncc[nH]2)cc1F. The molecule has 2 rings (SSSR count). The number of halogens is 3. The summed E-state index contributed by atoms with van der Waals surface area (Å²) in [5.74, 6) is -2.57. The fourth-order valence-corrected chi connectivity index (χ4v) is 1.23. The van der Waals surface area contributed by atoms with Crippen LogP contribution in [0.15, 0.2) is 24.5 Å². The fourth-order valence-electron chi connectivity index (χ4n) is 1.23. The van der Waals surface area contributed by atoms with E-state index in [4.69, 9.17) is 0 Å². The van der Waals surface area contributed by atoms with Crippen LogP contribution in [0, 0.1) is 17.5 Å². The van der Waals surface area contributed by atoms with Crippen LogP contribution in [0.1, 0.15) is 5.82 Å². The Balaban J connectivity index is 2.12. The molecule has 0 radical (unpaired) electrons. The highest BCUT2D eigenvalue weighted by molar-refractivity contribution is 5.45. The van der Waals surface area contributed by atoms with Crippen molar-refractivity contribution in [2.24, 2.45) is 0 Å². The maximum Gasteiger partial charge on any atom is 0.161 e. The minimum Gasteiger partial charge on any atom is -0.375 e. The van der Waals surface area contributed by atoms with Crippen molar-refractivity contribution < 1.29 is 13.2 Å². The van der Waals surface area contributed by atoms with Gasteiger partial charge in [-0.2, -0.15) is 0 Å². The van der Waals surface area contributed by atoms with E-state index in [2.05, 4.69) is 15.3 Å². The molecule has 1 aromatic carbocycles. The Hall–Kier alpha value is -1.98. The van der Waals surface area contributed by atoms with E-state index in [1.54, 1.807) is 12.4 Å². The zero-order valence-corrected chi connectivity index (χ0v) is 8.10. The van der Waals surface area contributed by atoms with Gasteiger partial charge in [-0.25, -0.2) is 18.2 Å². The average molecular weight is 227 g/mol. The summed E-state index contributed by atoms with van der Waals surface area (Å²) in [4.78, 5) is 6.68. The molecule has 2 aromatic rings. The molecule has 0 aliphatic carbocycles. The number of nitrogens with one attached hydrogen (secondary N) is 2. The normalized spacial score (nSPS) is 10.4. The van der Waals surface area contributed by atoms with Gasteiger partial charge in [0, 0.05) is 24.5 Å². The van der Waals surface area contributed by atoms with Crippen LogP contribution < -0.4 is 5.32 Å². The summed E-state index contributed by atoms with van der Waals surface area (Å²) in [5.41, 5.74) is -0.102. The molecule has 0 aliphatic heterocycles. The third-order valence-electron chi connectivity index (χ3n) is 2.01. The van der Waals surface area contributed by atoms with Crippen molar-refractivity contribution in [1.29, 1.82) is 0 Å². The summed E-state index contributed by atoms with van der Waals surface area (Å²) in [6.45, 7) is 0.203. The summed E-state index contributed by atoms with van der Waals surface area (Å²) in [6, 6.07) is 1.27. The smallest absolute Gasteiger partial charge is 0.161 e. The molecule has 0 amide bonds. The average Bonchev–Trinajstić information content (AvgIpc) is 2.74. The van der Waals surface area contributed by atoms with Crippen LogP contribution in [0.3, 0.4) is 0 Å². The highest BCUT2D eigenvalue weighted by atomic mass is 19.2. The maximum atomic E-state index is 13.2. The number of H-pyrrole nitrogens is 1. The van der Waals surface area contributed by atoms with E-state index in [-0.39, 0.29) is 12.2 Å². The van der Waals surface area contributed by atoms with Gasteiger partial charge in [0.2, 0.25) is 0 Å². The first-order chi connectivity index (χ1) is 7.66. The lowest BCUT2D eigenvalue weighted by Crippen LogP contribution is -2.04. The molecular formula is C10H8F3N3.